The SMILES string of the molecule is O=C(O)c1ccc(OCCS(=O)(=O)c2ccccc2-c2ccccc2)cc1O. The van der Waals surface area contributed by atoms with Crippen LogP contribution in [0.25, 0.3) is 11.1 Å². The molecule has 0 amide bonds. The standard InChI is InChI=1S/C21H18O6S/c22-19-14-16(10-11-18(19)21(23)24)27-12-13-28(25,26)20-9-5-4-8-17(20)15-6-2-1-3-7-15/h1-11,14,22H,12-13H2,(H,23,24). The van der Waals surface area contributed by atoms with Crippen molar-refractivity contribution in [2.75, 3.05) is 12.4 Å². The van der Waals surface area contributed by atoms with Gasteiger partial charge in [0, 0.05) is 11.6 Å². The third kappa shape index (κ3) is 4.32. The lowest BCUT2D eigenvalue weighted by molar-refractivity contribution is 0.0693. The Morgan fingerprint density at radius 2 is 1.61 bits per heavy atom. The largest absolute Gasteiger partial charge is 0.507 e. The molecular formula is C21H18O6S. The highest BCUT2D eigenvalue weighted by Crippen LogP contribution is 2.28. The summed E-state index contributed by atoms with van der Waals surface area (Å²) in [4.78, 5) is 11.1. The van der Waals surface area contributed by atoms with Crippen LogP contribution in [-0.2, 0) is 9.84 Å². The van der Waals surface area contributed by atoms with E-state index in [0.717, 1.165) is 11.6 Å². The minimum atomic E-state index is -3.62. The molecule has 3 rings (SSSR count). The summed E-state index contributed by atoms with van der Waals surface area (Å²) in [5.74, 6) is -1.78. The maximum absolute atomic E-state index is 12.8. The zero-order valence-electron chi connectivity index (χ0n) is 14.8. The Bertz CT molecular complexity index is 1090. The molecule has 0 aliphatic carbocycles. The van der Waals surface area contributed by atoms with Crippen LogP contribution < -0.4 is 4.74 Å². The molecule has 0 unspecified atom stereocenters. The van der Waals surface area contributed by atoms with Gasteiger partial charge < -0.3 is 14.9 Å². The number of sulfone groups is 1. The zero-order chi connectivity index (χ0) is 20.1. The van der Waals surface area contributed by atoms with E-state index in [0.29, 0.717) is 5.56 Å². The molecule has 28 heavy (non-hydrogen) atoms. The van der Waals surface area contributed by atoms with Crippen molar-refractivity contribution in [2.45, 2.75) is 4.90 Å². The van der Waals surface area contributed by atoms with Crippen LogP contribution in [0.4, 0.5) is 0 Å². The molecule has 0 saturated carbocycles. The maximum Gasteiger partial charge on any atom is 0.339 e. The van der Waals surface area contributed by atoms with Crippen LogP contribution in [0.5, 0.6) is 11.5 Å². The molecule has 0 aliphatic rings. The van der Waals surface area contributed by atoms with E-state index < -0.39 is 21.6 Å². The van der Waals surface area contributed by atoms with Crippen LogP contribution in [0.15, 0.2) is 77.7 Å². The van der Waals surface area contributed by atoms with E-state index >= 15 is 0 Å². The molecule has 144 valence electrons. The van der Waals surface area contributed by atoms with Gasteiger partial charge in [-0.2, -0.15) is 0 Å². The Labute approximate surface area is 162 Å². The average molecular weight is 398 g/mol. The van der Waals surface area contributed by atoms with Crippen molar-refractivity contribution in [2.24, 2.45) is 0 Å². The number of ether oxygens (including phenoxy) is 1. The Morgan fingerprint density at radius 1 is 0.929 bits per heavy atom. The van der Waals surface area contributed by atoms with Crippen LogP contribution in [0.1, 0.15) is 10.4 Å². The fraction of sp³-hybridized carbons (Fsp3) is 0.0952. The molecule has 0 spiro atoms. The first kappa shape index (κ1) is 19.4. The van der Waals surface area contributed by atoms with Gasteiger partial charge >= 0.3 is 5.97 Å². The molecule has 0 bridgehead atoms. The number of aromatic hydroxyl groups is 1. The van der Waals surface area contributed by atoms with Gasteiger partial charge in [0.1, 0.15) is 23.7 Å². The molecule has 0 heterocycles. The molecule has 7 heteroatoms. The minimum absolute atomic E-state index is 0.142. The van der Waals surface area contributed by atoms with E-state index in [2.05, 4.69) is 0 Å². The number of carbonyl (C=O) groups is 1. The number of hydrogen-bond donors (Lipinski definition) is 2. The number of phenols is 1. The summed E-state index contributed by atoms with van der Waals surface area (Å²) in [6, 6.07) is 19.7. The van der Waals surface area contributed by atoms with Crippen molar-refractivity contribution in [1.29, 1.82) is 0 Å². The van der Waals surface area contributed by atoms with Crippen molar-refractivity contribution in [3.63, 3.8) is 0 Å². The second-order valence-electron chi connectivity index (χ2n) is 6.01. The molecule has 0 radical (unpaired) electrons. The Kier molecular flexibility index (Phi) is 5.65. The fourth-order valence-electron chi connectivity index (χ4n) is 2.76. The molecule has 3 aromatic carbocycles. The number of rotatable bonds is 7. The first-order valence-electron chi connectivity index (χ1n) is 8.45. The van der Waals surface area contributed by atoms with Crippen LogP contribution in [-0.4, -0.2) is 37.0 Å². The van der Waals surface area contributed by atoms with Gasteiger partial charge in [-0.25, -0.2) is 13.2 Å². The smallest absolute Gasteiger partial charge is 0.339 e. The summed E-state index contributed by atoms with van der Waals surface area (Å²) in [6.07, 6.45) is 0. The molecular weight excluding hydrogens is 380 g/mol. The first-order valence-corrected chi connectivity index (χ1v) is 10.1. The first-order chi connectivity index (χ1) is 13.4. The zero-order valence-corrected chi connectivity index (χ0v) is 15.6. The molecule has 0 aromatic heterocycles. The van der Waals surface area contributed by atoms with Gasteiger partial charge in [0.05, 0.1) is 10.6 Å². The third-order valence-corrected chi connectivity index (χ3v) is 5.86. The molecule has 0 fully saturated rings. The molecule has 0 aliphatic heterocycles. The van der Waals surface area contributed by atoms with Gasteiger partial charge in [-0.1, -0.05) is 48.5 Å². The number of aromatic carboxylic acids is 1. The summed E-state index contributed by atoms with van der Waals surface area (Å²) in [7, 11) is -3.62. The highest BCUT2D eigenvalue weighted by Gasteiger charge is 2.19. The van der Waals surface area contributed by atoms with E-state index in [1.54, 1.807) is 24.3 Å². The van der Waals surface area contributed by atoms with Crippen LogP contribution in [0, 0.1) is 0 Å². The van der Waals surface area contributed by atoms with Crippen molar-refractivity contribution in [3.8, 4) is 22.6 Å². The summed E-state index contributed by atoms with van der Waals surface area (Å²) in [5.41, 5.74) is 1.17. The second kappa shape index (κ2) is 8.14. The van der Waals surface area contributed by atoms with E-state index in [4.69, 9.17) is 9.84 Å². The van der Waals surface area contributed by atoms with Gasteiger partial charge in [0.2, 0.25) is 0 Å². The van der Waals surface area contributed by atoms with Crippen molar-refractivity contribution >= 4 is 15.8 Å². The number of hydrogen-bond acceptors (Lipinski definition) is 5. The lowest BCUT2D eigenvalue weighted by Gasteiger charge is -2.12. The lowest BCUT2D eigenvalue weighted by atomic mass is 10.1. The number of carboxylic acid groups (broad SMARTS) is 1. The monoisotopic (exact) mass is 398 g/mol. The molecule has 3 aromatic rings. The normalized spacial score (nSPS) is 11.1. The Balaban J connectivity index is 1.75. The Morgan fingerprint density at radius 3 is 2.29 bits per heavy atom. The van der Waals surface area contributed by atoms with E-state index in [1.165, 1.54) is 12.1 Å². The van der Waals surface area contributed by atoms with Gasteiger partial charge in [-0.05, 0) is 23.8 Å². The molecule has 0 atom stereocenters. The van der Waals surface area contributed by atoms with Gasteiger partial charge in [-0.3, -0.25) is 0 Å². The van der Waals surface area contributed by atoms with Crippen LogP contribution >= 0.6 is 0 Å². The van der Waals surface area contributed by atoms with E-state index in [-0.39, 0.29) is 28.6 Å². The molecule has 6 nitrogen and oxygen atoms in total. The highest BCUT2D eigenvalue weighted by atomic mass is 32.2. The van der Waals surface area contributed by atoms with Crippen molar-refractivity contribution in [3.05, 3.63) is 78.4 Å². The quantitative estimate of drug-likeness (QED) is 0.631. The summed E-state index contributed by atoms with van der Waals surface area (Å²) in [6.45, 7) is -0.142. The van der Waals surface area contributed by atoms with Gasteiger partial charge in [-0.15, -0.1) is 0 Å². The lowest BCUT2D eigenvalue weighted by Crippen LogP contribution is -2.15. The van der Waals surface area contributed by atoms with Crippen LogP contribution in [0.2, 0.25) is 0 Å². The topological polar surface area (TPSA) is 101 Å². The summed E-state index contributed by atoms with van der Waals surface area (Å²) >= 11 is 0. The minimum Gasteiger partial charge on any atom is -0.507 e. The number of benzene rings is 3. The fourth-order valence-corrected chi connectivity index (χ4v) is 4.08. The summed E-state index contributed by atoms with van der Waals surface area (Å²) in [5, 5.41) is 18.6. The van der Waals surface area contributed by atoms with Gasteiger partial charge in [0.25, 0.3) is 0 Å². The predicted octanol–water partition coefficient (Wildman–Crippen LogP) is 3.61. The predicted molar refractivity (Wildman–Crippen MR) is 104 cm³/mol. The van der Waals surface area contributed by atoms with Gasteiger partial charge in [0.15, 0.2) is 9.84 Å². The second-order valence-corrected chi connectivity index (χ2v) is 8.09. The third-order valence-electron chi connectivity index (χ3n) is 4.13. The maximum atomic E-state index is 12.8. The van der Waals surface area contributed by atoms with Crippen LogP contribution in [0.3, 0.4) is 0 Å². The van der Waals surface area contributed by atoms with Crippen molar-refractivity contribution < 1.29 is 28.2 Å². The molecule has 2 N–H and O–H groups in total. The summed E-state index contributed by atoms with van der Waals surface area (Å²) < 4.78 is 31.0. The molecule has 0 saturated heterocycles. The van der Waals surface area contributed by atoms with E-state index in [9.17, 15) is 18.3 Å². The Hall–Kier alpha value is -3.32. The highest BCUT2D eigenvalue weighted by molar-refractivity contribution is 7.91. The van der Waals surface area contributed by atoms with Crippen molar-refractivity contribution in [1.82, 2.24) is 0 Å². The number of carboxylic acids is 1. The van der Waals surface area contributed by atoms with E-state index in [1.807, 2.05) is 30.3 Å². The average Bonchev–Trinajstić information content (AvgIpc) is 2.68.